The summed E-state index contributed by atoms with van der Waals surface area (Å²) in [5, 5.41) is 0. The van der Waals surface area contributed by atoms with Crippen LogP contribution in [0, 0.1) is 0 Å². The highest BCUT2D eigenvalue weighted by molar-refractivity contribution is 6.18. The number of hydrogen-bond acceptors (Lipinski definition) is 4. The van der Waals surface area contributed by atoms with Gasteiger partial charge in [0.25, 0.3) is 0 Å². The first-order chi connectivity index (χ1) is 8.26. The van der Waals surface area contributed by atoms with Gasteiger partial charge in [-0.15, -0.1) is 11.6 Å². The van der Waals surface area contributed by atoms with Gasteiger partial charge in [-0.3, -0.25) is 4.90 Å². The van der Waals surface area contributed by atoms with Crippen LogP contribution in [0.5, 0.6) is 0 Å². The molecule has 1 heterocycles. The molecule has 102 valence electrons. The smallest absolute Gasteiger partial charge is 0.0841 e. The summed E-state index contributed by atoms with van der Waals surface area (Å²) in [5.41, 5.74) is 0. The van der Waals surface area contributed by atoms with Gasteiger partial charge in [0.05, 0.1) is 18.8 Å². The van der Waals surface area contributed by atoms with E-state index in [2.05, 4.69) is 11.8 Å². The molecule has 1 aliphatic rings. The van der Waals surface area contributed by atoms with Crippen LogP contribution in [0.4, 0.5) is 0 Å². The lowest BCUT2D eigenvalue weighted by Gasteiger charge is -2.35. The van der Waals surface area contributed by atoms with E-state index in [0.29, 0.717) is 5.88 Å². The number of rotatable bonds is 8. The highest BCUT2D eigenvalue weighted by Crippen LogP contribution is 2.11. The quantitative estimate of drug-likeness (QED) is 0.490. The van der Waals surface area contributed by atoms with Crippen LogP contribution in [0.25, 0.3) is 0 Å². The molecule has 4 nitrogen and oxygen atoms in total. The molecule has 0 radical (unpaired) electrons. The van der Waals surface area contributed by atoms with Crippen LogP contribution in [0.2, 0.25) is 0 Å². The molecule has 17 heavy (non-hydrogen) atoms. The number of halogens is 1. The first-order valence-corrected chi connectivity index (χ1v) is 6.80. The summed E-state index contributed by atoms with van der Waals surface area (Å²) in [6, 6.07) is 0. The fraction of sp³-hybridized carbons (Fsp3) is 1.00. The van der Waals surface area contributed by atoms with Crippen LogP contribution in [0.1, 0.15) is 13.3 Å². The van der Waals surface area contributed by atoms with E-state index in [9.17, 15) is 0 Å². The van der Waals surface area contributed by atoms with Gasteiger partial charge < -0.3 is 14.2 Å². The van der Waals surface area contributed by atoms with Gasteiger partial charge >= 0.3 is 0 Å². The lowest BCUT2D eigenvalue weighted by atomic mass is 10.2. The van der Waals surface area contributed by atoms with Crippen molar-refractivity contribution in [2.24, 2.45) is 0 Å². The van der Waals surface area contributed by atoms with Gasteiger partial charge in [0.1, 0.15) is 0 Å². The Morgan fingerprint density at radius 2 is 2.12 bits per heavy atom. The van der Waals surface area contributed by atoms with Crippen molar-refractivity contribution in [3.63, 3.8) is 0 Å². The fourth-order valence-electron chi connectivity index (χ4n) is 2.01. The van der Waals surface area contributed by atoms with Crippen LogP contribution in [-0.4, -0.2) is 69.6 Å². The van der Waals surface area contributed by atoms with E-state index in [1.54, 1.807) is 7.11 Å². The van der Waals surface area contributed by atoms with Crippen molar-refractivity contribution in [1.82, 2.24) is 4.90 Å². The summed E-state index contributed by atoms with van der Waals surface area (Å²) >= 11 is 5.83. The molecule has 0 amide bonds. The minimum absolute atomic E-state index is 0.161. The maximum Gasteiger partial charge on any atom is 0.0841 e. The number of hydrogen-bond donors (Lipinski definition) is 0. The second-order valence-corrected chi connectivity index (χ2v) is 4.75. The SMILES string of the molecule is COCCCOCCN1CC(C)OC(CCl)C1. The number of nitrogens with zero attached hydrogens (tertiary/aromatic N) is 1. The lowest BCUT2D eigenvalue weighted by Crippen LogP contribution is -2.48. The Labute approximate surface area is 109 Å². The molecule has 0 spiro atoms. The van der Waals surface area contributed by atoms with Crippen LogP contribution in [-0.2, 0) is 14.2 Å². The summed E-state index contributed by atoms with van der Waals surface area (Å²) in [6.07, 6.45) is 1.38. The Bertz CT molecular complexity index is 195. The number of ether oxygens (including phenoxy) is 3. The molecule has 1 aliphatic heterocycles. The Balaban J connectivity index is 2.05. The van der Waals surface area contributed by atoms with E-state index in [0.717, 1.165) is 45.9 Å². The van der Waals surface area contributed by atoms with Gasteiger partial charge in [-0.25, -0.2) is 0 Å². The van der Waals surface area contributed by atoms with Gasteiger partial charge in [0.2, 0.25) is 0 Å². The molecule has 0 aliphatic carbocycles. The van der Waals surface area contributed by atoms with Crippen molar-refractivity contribution in [3.8, 4) is 0 Å². The Kier molecular flexibility index (Phi) is 8.14. The predicted molar refractivity (Wildman–Crippen MR) is 68.8 cm³/mol. The molecule has 1 rings (SSSR count). The molecule has 0 aromatic carbocycles. The Morgan fingerprint density at radius 1 is 1.29 bits per heavy atom. The van der Waals surface area contributed by atoms with Gasteiger partial charge in [-0.2, -0.15) is 0 Å². The molecule has 0 aromatic rings. The van der Waals surface area contributed by atoms with Crippen molar-refractivity contribution in [2.45, 2.75) is 25.6 Å². The average Bonchev–Trinajstić information content (AvgIpc) is 2.33. The molecule has 0 aromatic heterocycles. The zero-order chi connectivity index (χ0) is 12.5. The van der Waals surface area contributed by atoms with Crippen LogP contribution in [0.15, 0.2) is 0 Å². The van der Waals surface area contributed by atoms with E-state index in [-0.39, 0.29) is 12.2 Å². The molecular weight excluding hydrogens is 242 g/mol. The van der Waals surface area contributed by atoms with E-state index < -0.39 is 0 Å². The van der Waals surface area contributed by atoms with Gasteiger partial charge in [0.15, 0.2) is 0 Å². The Hall–Kier alpha value is 0.130. The molecule has 2 unspecified atom stereocenters. The Morgan fingerprint density at radius 3 is 2.82 bits per heavy atom. The molecule has 0 bridgehead atoms. The summed E-state index contributed by atoms with van der Waals surface area (Å²) < 4.78 is 16.2. The van der Waals surface area contributed by atoms with Crippen molar-refractivity contribution in [1.29, 1.82) is 0 Å². The van der Waals surface area contributed by atoms with Crippen molar-refractivity contribution in [2.75, 3.05) is 52.4 Å². The first-order valence-electron chi connectivity index (χ1n) is 6.26. The van der Waals surface area contributed by atoms with Crippen molar-refractivity contribution in [3.05, 3.63) is 0 Å². The molecule has 1 saturated heterocycles. The largest absolute Gasteiger partial charge is 0.385 e. The molecular formula is C12H24ClNO3. The minimum Gasteiger partial charge on any atom is -0.385 e. The van der Waals surface area contributed by atoms with Crippen molar-refractivity contribution >= 4 is 11.6 Å². The average molecular weight is 266 g/mol. The zero-order valence-electron chi connectivity index (χ0n) is 10.9. The summed E-state index contributed by atoms with van der Waals surface area (Å²) in [5.74, 6) is 0.565. The highest BCUT2D eigenvalue weighted by atomic mass is 35.5. The van der Waals surface area contributed by atoms with E-state index >= 15 is 0 Å². The maximum absolute atomic E-state index is 5.83. The van der Waals surface area contributed by atoms with E-state index in [4.69, 9.17) is 25.8 Å². The summed E-state index contributed by atoms with van der Waals surface area (Å²) in [4.78, 5) is 2.36. The van der Waals surface area contributed by atoms with Crippen LogP contribution in [0.3, 0.4) is 0 Å². The first kappa shape index (κ1) is 15.2. The third kappa shape index (κ3) is 6.58. The molecule has 0 saturated carbocycles. The topological polar surface area (TPSA) is 30.9 Å². The molecule has 1 fully saturated rings. The third-order valence-electron chi connectivity index (χ3n) is 2.76. The minimum atomic E-state index is 0.161. The molecule has 2 atom stereocenters. The normalized spacial score (nSPS) is 26.3. The van der Waals surface area contributed by atoms with Crippen LogP contribution < -0.4 is 0 Å². The second-order valence-electron chi connectivity index (χ2n) is 4.44. The fourth-order valence-corrected chi connectivity index (χ4v) is 2.18. The van der Waals surface area contributed by atoms with Gasteiger partial charge in [0, 0.05) is 45.8 Å². The number of methoxy groups -OCH3 is 1. The monoisotopic (exact) mass is 265 g/mol. The maximum atomic E-state index is 5.83. The van der Waals surface area contributed by atoms with Gasteiger partial charge in [-0.1, -0.05) is 0 Å². The predicted octanol–water partition coefficient (Wildman–Crippen LogP) is 1.37. The standard InChI is InChI=1S/C12H24ClNO3/c1-11-9-14(10-12(8-13)17-11)4-7-16-6-3-5-15-2/h11-12H,3-10H2,1-2H3. The third-order valence-corrected chi connectivity index (χ3v) is 3.11. The zero-order valence-corrected chi connectivity index (χ0v) is 11.6. The highest BCUT2D eigenvalue weighted by Gasteiger charge is 2.23. The van der Waals surface area contributed by atoms with Crippen LogP contribution >= 0.6 is 11.6 Å². The summed E-state index contributed by atoms with van der Waals surface area (Å²) in [6.45, 7) is 7.23. The lowest BCUT2D eigenvalue weighted by molar-refractivity contribution is -0.0716. The van der Waals surface area contributed by atoms with E-state index in [1.807, 2.05) is 0 Å². The number of morpholine rings is 1. The van der Waals surface area contributed by atoms with E-state index in [1.165, 1.54) is 0 Å². The summed E-state index contributed by atoms with van der Waals surface area (Å²) in [7, 11) is 1.71. The second kappa shape index (κ2) is 9.11. The van der Waals surface area contributed by atoms with Gasteiger partial charge in [-0.05, 0) is 13.3 Å². The van der Waals surface area contributed by atoms with Crippen molar-refractivity contribution < 1.29 is 14.2 Å². The molecule has 0 N–H and O–H groups in total. The number of alkyl halides is 1. The molecule has 5 heteroatoms.